The van der Waals surface area contributed by atoms with Crippen molar-refractivity contribution in [2.75, 3.05) is 31.2 Å². The van der Waals surface area contributed by atoms with Gasteiger partial charge in [0.1, 0.15) is 6.04 Å². The van der Waals surface area contributed by atoms with E-state index < -0.39 is 6.04 Å². The summed E-state index contributed by atoms with van der Waals surface area (Å²) in [5.74, 6) is -0.314. The predicted octanol–water partition coefficient (Wildman–Crippen LogP) is 7.51. The Morgan fingerprint density at radius 3 is 2.02 bits per heavy atom. The molecule has 2 fully saturated rings. The topological polar surface area (TPSA) is 61.9 Å². The molecule has 0 bridgehead atoms. The fourth-order valence-electron chi connectivity index (χ4n) is 7.16. The number of amides is 2. The molecular formula is C41H41N3O3. The quantitative estimate of drug-likeness (QED) is 0.207. The number of fused-ring (bicyclic) bond motifs is 1. The van der Waals surface area contributed by atoms with Crippen LogP contribution in [0.5, 0.6) is 0 Å². The molecule has 6 heteroatoms. The first kappa shape index (κ1) is 30.7. The van der Waals surface area contributed by atoms with Gasteiger partial charge in [-0.1, -0.05) is 128 Å². The van der Waals surface area contributed by atoms with E-state index in [9.17, 15) is 4.79 Å². The summed E-state index contributed by atoms with van der Waals surface area (Å²) in [4.78, 5) is 33.5. The molecule has 238 valence electrons. The second-order valence-electron chi connectivity index (χ2n) is 12.5. The van der Waals surface area contributed by atoms with Gasteiger partial charge in [0, 0.05) is 30.4 Å². The minimum absolute atomic E-state index is 0.121. The standard InChI is InChI=1S/C41H41N3O3/c45-40(42-33-21-11-4-12-22-33)39(32-19-9-3-10-20-32)44-36-24-14-13-23-34(36)38(41(44)46)35(30-15-5-1-6-16-30)29-37(31-17-7-2-8-18-31)43-25-27-47-28-26-43/h1-3,5-10,13-20,23-24,29,33,39H,4,11-12,21-22,25-28H2,(H,42,45)/b37-29+,38-35+. The monoisotopic (exact) mass is 623 g/mol. The summed E-state index contributed by atoms with van der Waals surface area (Å²) in [6.45, 7) is 2.80. The number of nitrogens with one attached hydrogen (secondary N) is 1. The van der Waals surface area contributed by atoms with Crippen molar-refractivity contribution in [2.45, 2.75) is 44.2 Å². The molecule has 1 saturated heterocycles. The van der Waals surface area contributed by atoms with Crippen LogP contribution in [0.3, 0.4) is 0 Å². The van der Waals surface area contributed by atoms with Crippen molar-refractivity contribution in [3.05, 3.63) is 144 Å². The van der Waals surface area contributed by atoms with Gasteiger partial charge in [0.15, 0.2) is 0 Å². The number of anilines is 1. The molecule has 0 spiro atoms. The van der Waals surface area contributed by atoms with E-state index in [1.807, 2.05) is 91.0 Å². The Labute approximate surface area is 277 Å². The molecule has 47 heavy (non-hydrogen) atoms. The van der Waals surface area contributed by atoms with Crippen molar-refractivity contribution in [3.63, 3.8) is 0 Å². The molecule has 1 N–H and O–H groups in total. The van der Waals surface area contributed by atoms with Crippen LogP contribution in [0.4, 0.5) is 5.69 Å². The van der Waals surface area contributed by atoms with Crippen LogP contribution in [0, 0.1) is 0 Å². The number of para-hydroxylation sites is 1. The third kappa shape index (κ3) is 6.51. The highest BCUT2D eigenvalue weighted by atomic mass is 16.5. The maximum Gasteiger partial charge on any atom is 0.260 e. The van der Waals surface area contributed by atoms with E-state index in [-0.39, 0.29) is 17.9 Å². The number of benzene rings is 4. The van der Waals surface area contributed by atoms with Gasteiger partial charge in [-0.2, -0.15) is 0 Å². The number of morpholine rings is 1. The second-order valence-corrected chi connectivity index (χ2v) is 12.5. The van der Waals surface area contributed by atoms with E-state index in [0.717, 1.165) is 78.0 Å². The van der Waals surface area contributed by atoms with Gasteiger partial charge in [0.25, 0.3) is 5.91 Å². The Hall–Kier alpha value is -4.94. The van der Waals surface area contributed by atoms with Gasteiger partial charge in [-0.25, -0.2) is 0 Å². The molecule has 1 aliphatic carbocycles. The Morgan fingerprint density at radius 2 is 1.34 bits per heavy atom. The van der Waals surface area contributed by atoms with E-state index in [0.29, 0.717) is 18.8 Å². The van der Waals surface area contributed by atoms with Crippen LogP contribution in [0.15, 0.2) is 121 Å². The number of carbonyl (C=O) groups excluding carboxylic acids is 2. The smallest absolute Gasteiger partial charge is 0.260 e. The lowest BCUT2D eigenvalue weighted by molar-refractivity contribution is -0.125. The lowest BCUT2D eigenvalue weighted by Crippen LogP contribution is -2.46. The van der Waals surface area contributed by atoms with E-state index in [2.05, 4.69) is 40.6 Å². The number of hydrogen-bond donors (Lipinski definition) is 1. The summed E-state index contributed by atoms with van der Waals surface area (Å²) < 4.78 is 5.72. The van der Waals surface area contributed by atoms with Gasteiger partial charge in [-0.15, -0.1) is 0 Å². The van der Waals surface area contributed by atoms with Gasteiger partial charge in [0.05, 0.1) is 24.5 Å². The third-order valence-electron chi connectivity index (χ3n) is 9.50. The Kier molecular flexibility index (Phi) is 9.29. The number of nitrogens with zero attached hydrogens (tertiary/aromatic N) is 2. The SMILES string of the molecule is O=C(NC1CCCCC1)C(c1ccccc1)N1C(=O)/C(=C(\C=C(/c2ccccc2)N2CCOCC2)c2ccccc2)c2ccccc21. The van der Waals surface area contributed by atoms with Crippen LogP contribution in [0.1, 0.15) is 60.4 Å². The molecule has 6 nitrogen and oxygen atoms in total. The fourth-order valence-corrected chi connectivity index (χ4v) is 7.16. The number of ether oxygens (including phenoxy) is 1. The molecule has 0 radical (unpaired) electrons. The molecule has 7 rings (SSSR count). The molecule has 0 aromatic heterocycles. The molecule has 1 saturated carbocycles. The predicted molar refractivity (Wildman–Crippen MR) is 188 cm³/mol. The summed E-state index contributed by atoms with van der Waals surface area (Å²) in [6, 6.07) is 37.4. The normalized spacial score (nSPS) is 18.9. The van der Waals surface area contributed by atoms with E-state index in [1.165, 1.54) is 6.42 Å². The zero-order chi connectivity index (χ0) is 32.0. The number of rotatable bonds is 8. The minimum atomic E-state index is -0.807. The Bertz CT molecular complexity index is 1760. The van der Waals surface area contributed by atoms with Crippen molar-refractivity contribution in [1.82, 2.24) is 10.2 Å². The minimum Gasteiger partial charge on any atom is -0.378 e. The van der Waals surface area contributed by atoms with Crippen LogP contribution in [0.25, 0.3) is 16.8 Å². The van der Waals surface area contributed by atoms with Gasteiger partial charge in [-0.05, 0) is 47.2 Å². The molecule has 2 aliphatic heterocycles. The van der Waals surface area contributed by atoms with Crippen LogP contribution in [-0.2, 0) is 14.3 Å². The van der Waals surface area contributed by atoms with Gasteiger partial charge >= 0.3 is 0 Å². The highest BCUT2D eigenvalue weighted by molar-refractivity contribution is 6.39. The van der Waals surface area contributed by atoms with Crippen LogP contribution in [0.2, 0.25) is 0 Å². The maximum atomic E-state index is 15.1. The van der Waals surface area contributed by atoms with Crippen LogP contribution in [-0.4, -0.2) is 49.1 Å². The van der Waals surface area contributed by atoms with E-state index in [1.54, 1.807) is 4.90 Å². The zero-order valence-electron chi connectivity index (χ0n) is 26.7. The highest BCUT2D eigenvalue weighted by Gasteiger charge is 2.42. The Morgan fingerprint density at radius 1 is 0.745 bits per heavy atom. The second kappa shape index (κ2) is 14.2. The molecule has 3 aliphatic rings. The third-order valence-corrected chi connectivity index (χ3v) is 9.50. The first-order chi connectivity index (χ1) is 23.2. The summed E-state index contributed by atoms with van der Waals surface area (Å²) in [7, 11) is 0. The summed E-state index contributed by atoms with van der Waals surface area (Å²) >= 11 is 0. The van der Waals surface area contributed by atoms with E-state index in [4.69, 9.17) is 4.74 Å². The number of hydrogen-bond acceptors (Lipinski definition) is 4. The van der Waals surface area contributed by atoms with Crippen molar-refractivity contribution >= 4 is 34.3 Å². The van der Waals surface area contributed by atoms with Gasteiger partial charge in [0.2, 0.25) is 5.91 Å². The van der Waals surface area contributed by atoms with Crippen molar-refractivity contribution in [3.8, 4) is 0 Å². The lowest BCUT2D eigenvalue weighted by Gasteiger charge is -2.32. The highest BCUT2D eigenvalue weighted by Crippen LogP contribution is 2.46. The van der Waals surface area contributed by atoms with Crippen molar-refractivity contribution in [1.29, 1.82) is 0 Å². The van der Waals surface area contributed by atoms with Gasteiger partial charge < -0.3 is 15.0 Å². The number of allylic oxidation sites excluding steroid dienone is 2. The largest absolute Gasteiger partial charge is 0.378 e. The van der Waals surface area contributed by atoms with Crippen molar-refractivity contribution < 1.29 is 14.3 Å². The average molecular weight is 624 g/mol. The first-order valence-electron chi connectivity index (χ1n) is 16.9. The molecule has 4 aromatic rings. The van der Waals surface area contributed by atoms with Crippen molar-refractivity contribution in [2.24, 2.45) is 0 Å². The molecular weight excluding hydrogens is 582 g/mol. The van der Waals surface area contributed by atoms with Crippen LogP contribution >= 0.6 is 0 Å². The molecule has 2 amide bonds. The molecule has 1 unspecified atom stereocenters. The van der Waals surface area contributed by atoms with Gasteiger partial charge in [-0.3, -0.25) is 14.5 Å². The zero-order valence-corrected chi connectivity index (χ0v) is 26.7. The number of carbonyl (C=O) groups is 2. The molecule has 1 atom stereocenters. The summed E-state index contributed by atoms with van der Waals surface area (Å²) in [6.07, 6.45) is 7.53. The average Bonchev–Trinajstić information content (AvgIpc) is 3.42. The lowest BCUT2D eigenvalue weighted by atomic mass is 9.93. The summed E-state index contributed by atoms with van der Waals surface area (Å²) in [5.41, 5.74) is 6.85. The Balaban J connectivity index is 1.41. The first-order valence-corrected chi connectivity index (χ1v) is 16.9. The maximum absolute atomic E-state index is 15.1. The fraction of sp³-hybridized carbons (Fsp3) is 0.268. The van der Waals surface area contributed by atoms with E-state index >= 15 is 4.79 Å². The summed E-state index contributed by atoms with van der Waals surface area (Å²) in [5, 5.41) is 3.34. The van der Waals surface area contributed by atoms with Crippen LogP contribution < -0.4 is 10.2 Å². The molecule has 2 heterocycles. The molecule has 4 aromatic carbocycles.